The fourth-order valence-corrected chi connectivity index (χ4v) is 1.19. The summed E-state index contributed by atoms with van der Waals surface area (Å²) in [6.45, 7) is 0.186. The van der Waals surface area contributed by atoms with Crippen molar-refractivity contribution in [3.63, 3.8) is 0 Å². The van der Waals surface area contributed by atoms with Crippen LogP contribution < -0.4 is 0 Å². The van der Waals surface area contributed by atoms with Gasteiger partial charge in [-0.15, -0.1) is 0 Å². The number of amides is 1. The van der Waals surface area contributed by atoms with Gasteiger partial charge < -0.3 is 4.90 Å². The molecule has 5 heteroatoms. The summed E-state index contributed by atoms with van der Waals surface area (Å²) < 4.78 is 26.1. The Morgan fingerprint density at radius 1 is 1.50 bits per heavy atom. The van der Waals surface area contributed by atoms with Crippen molar-refractivity contribution in [2.75, 3.05) is 13.6 Å². The van der Waals surface area contributed by atoms with Crippen molar-refractivity contribution in [1.82, 2.24) is 4.90 Å². The molecule has 0 saturated carbocycles. The summed E-state index contributed by atoms with van der Waals surface area (Å²) in [5.74, 6) is -2.07. The van der Waals surface area contributed by atoms with Gasteiger partial charge in [-0.25, -0.2) is 8.78 Å². The molecular formula is C11H10F2N2O. The topological polar surface area (TPSA) is 44.1 Å². The molecule has 0 heterocycles. The molecule has 0 bridgehead atoms. The normalized spacial score (nSPS) is 9.62. The quantitative estimate of drug-likeness (QED) is 0.787. The maximum atomic E-state index is 13.2. The molecule has 84 valence electrons. The van der Waals surface area contributed by atoms with E-state index >= 15 is 0 Å². The first-order valence-electron chi connectivity index (χ1n) is 4.63. The molecule has 0 aliphatic rings. The standard InChI is InChI=1S/C11H10F2N2O/c1-15(6-2-5-14)11(16)9-7-8(12)3-4-10(9)13/h3-4,7H,2,6H2,1H3. The first-order chi connectivity index (χ1) is 7.56. The zero-order valence-corrected chi connectivity index (χ0v) is 8.70. The molecule has 1 amide bonds. The number of nitrogens with zero attached hydrogens (tertiary/aromatic N) is 2. The number of nitriles is 1. The number of carbonyl (C=O) groups is 1. The highest BCUT2D eigenvalue weighted by Gasteiger charge is 2.16. The monoisotopic (exact) mass is 224 g/mol. The first kappa shape index (κ1) is 12.1. The Morgan fingerprint density at radius 2 is 2.19 bits per heavy atom. The minimum absolute atomic E-state index is 0.152. The Kier molecular flexibility index (Phi) is 3.95. The van der Waals surface area contributed by atoms with Gasteiger partial charge in [0, 0.05) is 13.6 Å². The molecular weight excluding hydrogens is 214 g/mol. The Bertz CT molecular complexity index is 440. The highest BCUT2D eigenvalue weighted by molar-refractivity contribution is 5.94. The van der Waals surface area contributed by atoms with Crippen LogP contribution in [0, 0.1) is 23.0 Å². The molecule has 0 N–H and O–H groups in total. The van der Waals surface area contributed by atoms with E-state index in [1.165, 1.54) is 11.9 Å². The Hall–Kier alpha value is -1.96. The predicted molar refractivity (Wildman–Crippen MR) is 53.5 cm³/mol. The Labute approximate surface area is 91.9 Å². The Balaban J connectivity index is 2.88. The average Bonchev–Trinajstić information content (AvgIpc) is 2.28. The molecule has 0 atom stereocenters. The summed E-state index contributed by atoms with van der Waals surface area (Å²) in [5.41, 5.74) is -0.319. The molecule has 1 aromatic rings. The SMILES string of the molecule is CN(CCC#N)C(=O)c1cc(F)ccc1F. The third-order valence-electron chi connectivity index (χ3n) is 2.06. The minimum Gasteiger partial charge on any atom is -0.341 e. The number of hydrogen-bond donors (Lipinski definition) is 0. The lowest BCUT2D eigenvalue weighted by Crippen LogP contribution is -2.28. The highest BCUT2D eigenvalue weighted by Crippen LogP contribution is 2.11. The van der Waals surface area contributed by atoms with Crippen LogP contribution >= 0.6 is 0 Å². The highest BCUT2D eigenvalue weighted by atomic mass is 19.1. The van der Waals surface area contributed by atoms with Gasteiger partial charge in [-0.2, -0.15) is 5.26 Å². The van der Waals surface area contributed by atoms with Crippen LogP contribution in [0.2, 0.25) is 0 Å². The molecule has 0 unspecified atom stereocenters. The lowest BCUT2D eigenvalue weighted by Gasteiger charge is -2.15. The molecule has 1 aromatic carbocycles. The van der Waals surface area contributed by atoms with Crippen LogP contribution in [0.15, 0.2) is 18.2 Å². The second-order valence-electron chi connectivity index (χ2n) is 3.26. The van der Waals surface area contributed by atoms with Crippen molar-refractivity contribution >= 4 is 5.91 Å². The van der Waals surface area contributed by atoms with Crippen molar-refractivity contribution in [3.05, 3.63) is 35.4 Å². The summed E-state index contributed by atoms with van der Waals surface area (Å²) in [7, 11) is 1.43. The molecule has 3 nitrogen and oxygen atoms in total. The summed E-state index contributed by atoms with van der Waals surface area (Å²) in [6.07, 6.45) is 0.152. The van der Waals surface area contributed by atoms with Crippen molar-refractivity contribution in [2.45, 2.75) is 6.42 Å². The molecule has 0 aliphatic carbocycles. The van der Waals surface area contributed by atoms with E-state index in [0.29, 0.717) is 0 Å². The lowest BCUT2D eigenvalue weighted by atomic mass is 10.2. The van der Waals surface area contributed by atoms with Gasteiger partial charge in [0.05, 0.1) is 18.1 Å². The van der Waals surface area contributed by atoms with Crippen molar-refractivity contribution in [1.29, 1.82) is 5.26 Å². The summed E-state index contributed by atoms with van der Waals surface area (Å²) in [6, 6.07) is 4.57. The molecule has 1 rings (SSSR count). The molecule has 0 aromatic heterocycles. The number of hydrogen-bond acceptors (Lipinski definition) is 2. The van der Waals surface area contributed by atoms with Gasteiger partial charge in [0.15, 0.2) is 0 Å². The molecule has 0 aliphatic heterocycles. The van der Waals surface area contributed by atoms with Gasteiger partial charge in [0.25, 0.3) is 5.91 Å². The van der Waals surface area contributed by atoms with Crippen LogP contribution in [-0.2, 0) is 0 Å². The average molecular weight is 224 g/mol. The molecule has 0 spiro atoms. The number of benzene rings is 1. The summed E-state index contributed by atoms with van der Waals surface area (Å²) in [5, 5.41) is 8.34. The second kappa shape index (κ2) is 5.21. The van der Waals surface area contributed by atoms with Crippen molar-refractivity contribution in [2.24, 2.45) is 0 Å². The number of rotatable bonds is 3. The summed E-state index contributed by atoms with van der Waals surface area (Å²) >= 11 is 0. The third-order valence-corrected chi connectivity index (χ3v) is 2.06. The van der Waals surface area contributed by atoms with Gasteiger partial charge in [-0.05, 0) is 18.2 Å². The zero-order chi connectivity index (χ0) is 12.1. The zero-order valence-electron chi connectivity index (χ0n) is 8.70. The van der Waals surface area contributed by atoms with E-state index in [9.17, 15) is 13.6 Å². The lowest BCUT2D eigenvalue weighted by molar-refractivity contribution is 0.0793. The van der Waals surface area contributed by atoms with Gasteiger partial charge in [0.1, 0.15) is 11.6 Å². The number of carbonyl (C=O) groups excluding carboxylic acids is 1. The van der Waals surface area contributed by atoms with Crippen LogP contribution in [0.4, 0.5) is 8.78 Å². The second-order valence-corrected chi connectivity index (χ2v) is 3.26. The minimum atomic E-state index is -0.768. The first-order valence-corrected chi connectivity index (χ1v) is 4.63. The predicted octanol–water partition coefficient (Wildman–Crippen LogP) is 1.95. The van der Waals surface area contributed by atoms with E-state index in [1.54, 1.807) is 0 Å². The van der Waals surface area contributed by atoms with Crippen LogP contribution in [0.3, 0.4) is 0 Å². The molecule has 0 fully saturated rings. The van der Waals surface area contributed by atoms with E-state index < -0.39 is 17.5 Å². The largest absolute Gasteiger partial charge is 0.341 e. The van der Waals surface area contributed by atoms with Gasteiger partial charge in [-0.1, -0.05) is 0 Å². The van der Waals surface area contributed by atoms with Gasteiger partial charge in [-0.3, -0.25) is 4.79 Å². The van der Waals surface area contributed by atoms with Crippen LogP contribution in [0.5, 0.6) is 0 Å². The molecule has 0 radical (unpaired) electrons. The Morgan fingerprint density at radius 3 is 2.81 bits per heavy atom. The van der Waals surface area contributed by atoms with E-state index in [0.717, 1.165) is 18.2 Å². The van der Waals surface area contributed by atoms with E-state index in [4.69, 9.17) is 5.26 Å². The van der Waals surface area contributed by atoms with E-state index in [-0.39, 0.29) is 18.5 Å². The van der Waals surface area contributed by atoms with Crippen molar-refractivity contribution in [3.8, 4) is 6.07 Å². The van der Waals surface area contributed by atoms with Crippen LogP contribution in [-0.4, -0.2) is 24.4 Å². The smallest absolute Gasteiger partial charge is 0.256 e. The summed E-state index contributed by atoms with van der Waals surface area (Å²) in [4.78, 5) is 12.8. The van der Waals surface area contributed by atoms with Crippen LogP contribution in [0.25, 0.3) is 0 Å². The van der Waals surface area contributed by atoms with E-state index in [2.05, 4.69) is 0 Å². The number of halogens is 2. The fourth-order valence-electron chi connectivity index (χ4n) is 1.19. The third kappa shape index (κ3) is 2.76. The van der Waals surface area contributed by atoms with Crippen LogP contribution in [0.1, 0.15) is 16.8 Å². The van der Waals surface area contributed by atoms with E-state index in [1.807, 2.05) is 6.07 Å². The maximum absolute atomic E-state index is 13.2. The van der Waals surface area contributed by atoms with Gasteiger partial charge >= 0.3 is 0 Å². The molecule has 16 heavy (non-hydrogen) atoms. The fraction of sp³-hybridized carbons (Fsp3) is 0.273. The maximum Gasteiger partial charge on any atom is 0.256 e. The van der Waals surface area contributed by atoms with Gasteiger partial charge in [0.2, 0.25) is 0 Å². The molecule has 0 saturated heterocycles. The van der Waals surface area contributed by atoms with Crippen molar-refractivity contribution < 1.29 is 13.6 Å².